The van der Waals surface area contributed by atoms with Crippen LogP contribution in [0, 0.1) is 5.92 Å². The van der Waals surface area contributed by atoms with Crippen LogP contribution >= 0.6 is 15.9 Å². The molecule has 0 aromatic heterocycles. The molecule has 2 atom stereocenters. The van der Waals surface area contributed by atoms with Gasteiger partial charge in [-0.05, 0) is 60.7 Å². The molecule has 2 aromatic carbocycles. The monoisotopic (exact) mass is 427 g/mol. The van der Waals surface area contributed by atoms with E-state index in [0.29, 0.717) is 18.6 Å². The zero-order chi connectivity index (χ0) is 18.5. The standard InChI is InChI=1S/C24H30BrNO/c25-21-8-4-7-19(15-21)17-27-22-11-9-20(10-12-22)23-16-24(23)26-14-13-18-5-2-1-3-6-18/h4,7-12,15,18,23-24,26H,1-3,5-6,13-14,16-17H2/t23-,24+/m0/s1. The second-order valence-corrected chi connectivity index (χ2v) is 9.10. The Hall–Kier alpha value is -1.32. The largest absolute Gasteiger partial charge is 0.489 e. The van der Waals surface area contributed by atoms with E-state index in [-0.39, 0.29) is 0 Å². The maximum absolute atomic E-state index is 5.92. The van der Waals surface area contributed by atoms with Crippen molar-refractivity contribution in [1.29, 1.82) is 0 Å². The number of halogens is 1. The molecule has 2 aliphatic carbocycles. The highest BCUT2D eigenvalue weighted by Gasteiger charge is 2.37. The van der Waals surface area contributed by atoms with Gasteiger partial charge in [0.05, 0.1) is 0 Å². The number of hydrogen-bond acceptors (Lipinski definition) is 2. The Morgan fingerprint density at radius 1 is 1.00 bits per heavy atom. The van der Waals surface area contributed by atoms with Gasteiger partial charge < -0.3 is 10.1 Å². The summed E-state index contributed by atoms with van der Waals surface area (Å²) in [7, 11) is 0. The van der Waals surface area contributed by atoms with Gasteiger partial charge in [-0.25, -0.2) is 0 Å². The molecule has 0 amide bonds. The smallest absolute Gasteiger partial charge is 0.119 e. The average molecular weight is 428 g/mol. The molecule has 0 bridgehead atoms. The maximum atomic E-state index is 5.92. The van der Waals surface area contributed by atoms with Gasteiger partial charge in [-0.3, -0.25) is 0 Å². The van der Waals surface area contributed by atoms with Gasteiger partial charge in [0.2, 0.25) is 0 Å². The topological polar surface area (TPSA) is 21.3 Å². The minimum atomic E-state index is 0.605. The summed E-state index contributed by atoms with van der Waals surface area (Å²) >= 11 is 3.51. The predicted octanol–water partition coefficient (Wildman–Crippen LogP) is 6.44. The second kappa shape index (κ2) is 9.25. The van der Waals surface area contributed by atoms with Crippen LogP contribution < -0.4 is 10.1 Å². The van der Waals surface area contributed by atoms with Crippen molar-refractivity contribution in [2.45, 2.75) is 63.5 Å². The SMILES string of the molecule is Brc1cccc(COc2ccc([C@@H]3C[C@H]3NCCC3CCCCC3)cc2)c1. The Kier molecular flexibility index (Phi) is 6.51. The summed E-state index contributed by atoms with van der Waals surface area (Å²) in [6, 6.07) is 17.7. The minimum absolute atomic E-state index is 0.605. The molecular weight excluding hydrogens is 398 g/mol. The molecule has 2 aromatic rings. The van der Waals surface area contributed by atoms with Crippen LogP contribution in [0.1, 0.15) is 62.0 Å². The van der Waals surface area contributed by atoms with E-state index in [1.807, 2.05) is 12.1 Å². The van der Waals surface area contributed by atoms with E-state index >= 15 is 0 Å². The van der Waals surface area contributed by atoms with E-state index in [1.165, 1.54) is 62.6 Å². The van der Waals surface area contributed by atoms with Gasteiger partial charge in [0.15, 0.2) is 0 Å². The van der Waals surface area contributed by atoms with Crippen molar-refractivity contribution in [3.05, 3.63) is 64.1 Å². The first-order valence-electron chi connectivity index (χ1n) is 10.5. The fourth-order valence-corrected chi connectivity index (χ4v) is 4.79. The number of hydrogen-bond donors (Lipinski definition) is 1. The molecule has 0 saturated heterocycles. The van der Waals surface area contributed by atoms with Gasteiger partial charge in [0, 0.05) is 16.4 Å². The lowest BCUT2D eigenvalue weighted by Gasteiger charge is -2.21. The maximum Gasteiger partial charge on any atom is 0.119 e. The summed E-state index contributed by atoms with van der Waals surface area (Å²) in [4.78, 5) is 0. The quantitative estimate of drug-likeness (QED) is 0.522. The Morgan fingerprint density at radius 3 is 2.59 bits per heavy atom. The molecule has 0 aliphatic heterocycles. The van der Waals surface area contributed by atoms with Crippen molar-refractivity contribution in [3.8, 4) is 5.75 Å². The summed E-state index contributed by atoms with van der Waals surface area (Å²) in [5.41, 5.74) is 2.62. The third-order valence-electron chi connectivity index (χ3n) is 6.08. The molecule has 2 nitrogen and oxygen atoms in total. The van der Waals surface area contributed by atoms with Crippen molar-refractivity contribution in [2.24, 2.45) is 5.92 Å². The van der Waals surface area contributed by atoms with Crippen molar-refractivity contribution in [3.63, 3.8) is 0 Å². The Morgan fingerprint density at radius 2 is 1.81 bits per heavy atom. The van der Waals surface area contributed by atoms with Crippen LogP contribution in [0.5, 0.6) is 5.75 Å². The summed E-state index contributed by atoms with van der Waals surface area (Å²) in [6.07, 6.45) is 9.92. The van der Waals surface area contributed by atoms with Crippen molar-refractivity contribution < 1.29 is 4.74 Å². The molecule has 144 valence electrons. The normalized spacial score (nSPS) is 22.6. The molecule has 2 fully saturated rings. The molecule has 0 spiro atoms. The van der Waals surface area contributed by atoms with Crippen LogP contribution in [0.2, 0.25) is 0 Å². The lowest BCUT2D eigenvalue weighted by molar-refractivity contribution is 0.306. The van der Waals surface area contributed by atoms with Gasteiger partial charge in [-0.15, -0.1) is 0 Å². The first-order valence-corrected chi connectivity index (χ1v) is 11.3. The Bertz CT molecular complexity index is 723. The van der Waals surface area contributed by atoms with Crippen LogP contribution in [0.15, 0.2) is 53.0 Å². The van der Waals surface area contributed by atoms with E-state index in [0.717, 1.165) is 16.1 Å². The molecule has 0 radical (unpaired) electrons. The average Bonchev–Trinajstić information content (AvgIpc) is 3.47. The van der Waals surface area contributed by atoms with E-state index in [4.69, 9.17) is 4.74 Å². The first-order chi connectivity index (χ1) is 13.3. The highest BCUT2D eigenvalue weighted by molar-refractivity contribution is 9.10. The summed E-state index contributed by atoms with van der Waals surface area (Å²) < 4.78 is 7.02. The third kappa shape index (κ3) is 5.58. The zero-order valence-electron chi connectivity index (χ0n) is 16.0. The van der Waals surface area contributed by atoms with E-state index < -0.39 is 0 Å². The number of nitrogens with one attached hydrogen (secondary N) is 1. The lowest BCUT2D eigenvalue weighted by Crippen LogP contribution is -2.22. The number of benzene rings is 2. The predicted molar refractivity (Wildman–Crippen MR) is 115 cm³/mol. The number of ether oxygens (including phenoxy) is 1. The molecule has 3 heteroatoms. The van der Waals surface area contributed by atoms with Crippen LogP contribution in [-0.4, -0.2) is 12.6 Å². The van der Waals surface area contributed by atoms with E-state index in [9.17, 15) is 0 Å². The van der Waals surface area contributed by atoms with Crippen LogP contribution in [0.25, 0.3) is 0 Å². The molecular formula is C24H30BrNO. The van der Waals surface area contributed by atoms with Crippen molar-refractivity contribution >= 4 is 15.9 Å². The summed E-state index contributed by atoms with van der Waals surface area (Å²) in [5, 5.41) is 3.78. The van der Waals surface area contributed by atoms with Crippen molar-refractivity contribution in [1.82, 2.24) is 5.32 Å². The fourth-order valence-electron chi connectivity index (χ4n) is 4.34. The van der Waals surface area contributed by atoms with Crippen LogP contribution in [-0.2, 0) is 6.61 Å². The van der Waals surface area contributed by atoms with Gasteiger partial charge in [-0.1, -0.05) is 72.3 Å². The van der Waals surface area contributed by atoms with Gasteiger partial charge in [-0.2, -0.15) is 0 Å². The van der Waals surface area contributed by atoms with Crippen LogP contribution in [0.3, 0.4) is 0 Å². The summed E-state index contributed by atoms with van der Waals surface area (Å²) in [6.45, 7) is 1.80. The van der Waals surface area contributed by atoms with Crippen molar-refractivity contribution in [2.75, 3.05) is 6.54 Å². The first kappa shape index (κ1) is 19.0. The van der Waals surface area contributed by atoms with E-state index in [1.54, 1.807) is 0 Å². The minimum Gasteiger partial charge on any atom is -0.489 e. The van der Waals surface area contributed by atoms with Gasteiger partial charge >= 0.3 is 0 Å². The van der Waals surface area contributed by atoms with Gasteiger partial charge in [0.1, 0.15) is 12.4 Å². The molecule has 0 unspecified atom stereocenters. The molecule has 0 heterocycles. The fraction of sp³-hybridized carbons (Fsp3) is 0.500. The third-order valence-corrected chi connectivity index (χ3v) is 6.57. The molecule has 1 N–H and O–H groups in total. The zero-order valence-corrected chi connectivity index (χ0v) is 17.6. The molecule has 2 saturated carbocycles. The van der Waals surface area contributed by atoms with Gasteiger partial charge in [0.25, 0.3) is 0 Å². The Balaban J connectivity index is 1.19. The lowest BCUT2D eigenvalue weighted by atomic mass is 9.87. The number of rotatable bonds is 8. The van der Waals surface area contributed by atoms with E-state index in [2.05, 4.69) is 57.6 Å². The molecule has 27 heavy (non-hydrogen) atoms. The highest BCUT2D eigenvalue weighted by Crippen LogP contribution is 2.41. The second-order valence-electron chi connectivity index (χ2n) is 8.18. The highest BCUT2D eigenvalue weighted by atomic mass is 79.9. The van der Waals surface area contributed by atoms with Crippen LogP contribution in [0.4, 0.5) is 0 Å². The summed E-state index contributed by atoms with van der Waals surface area (Å²) in [5.74, 6) is 2.61. The molecule has 2 aliphatic rings. The molecule has 4 rings (SSSR count). The Labute approximate surface area is 171 Å².